The number of ether oxygens (including phenoxy) is 2. The van der Waals surface area contributed by atoms with E-state index in [1.807, 2.05) is 24.3 Å². The van der Waals surface area contributed by atoms with Crippen molar-refractivity contribution in [2.45, 2.75) is 37.8 Å². The molecule has 0 N–H and O–H groups in total. The van der Waals surface area contributed by atoms with Crippen LogP contribution in [-0.4, -0.2) is 54.5 Å². The maximum atomic E-state index is 13.3. The number of amides is 1. The third-order valence-electron chi connectivity index (χ3n) is 6.80. The number of fused-ring (bicyclic) bond motifs is 4. The van der Waals surface area contributed by atoms with Gasteiger partial charge in [-0.3, -0.25) is 9.80 Å². The van der Waals surface area contributed by atoms with Gasteiger partial charge < -0.3 is 9.47 Å². The Balaban J connectivity index is 1.41. The molecule has 8 heteroatoms. The van der Waals surface area contributed by atoms with Crippen molar-refractivity contribution in [1.82, 2.24) is 9.80 Å². The molecule has 3 saturated heterocycles. The zero-order chi connectivity index (χ0) is 22.3. The monoisotopic (exact) mass is 446 g/mol. The Morgan fingerprint density at radius 1 is 0.969 bits per heavy atom. The fourth-order valence-corrected chi connectivity index (χ4v) is 5.22. The quantitative estimate of drug-likeness (QED) is 0.682. The maximum Gasteiger partial charge on any atom is 0.573 e. The molecule has 2 bridgehead atoms. The lowest BCUT2D eigenvalue weighted by Crippen LogP contribution is -2.53. The number of rotatable bonds is 3. The molecule has 4 aliphatic heterocycles. The summed E-state index contributed by atoms with van der Waals surface area (Å²) >= 11 is 0. The summed E-state index contributed by atoms with van der Waals surface area (Å²) in [5.41, 5.74) is 2.81. The van der Waals surface area contributed by atoms with Gasteiger partial charge in [0.25, 0.3) is 0 Å². The molecule has 2 aromatic rings. The number of halogens is 3. The molecule has 3 fully saturated rings. The molecule has 2 aromatic carbocycles. The Morgan fingerprint density at radius 3 is 2.34 bits per heavy atom. The van der Waals surface area contributed by atoms with Crippen LogP contribution in [0.2, 0.25) is 0 Å². The van der Waals surface area contributed by atoms with Crippen LogP contribution in [0.5, 0.6) is 5.75 Å². The van der Waals surface area contributed by atoms with Gasteiger partial charge in [-0.05, 0) is 67.1 Å². The van der Waals surface area contributed by atoms with E-state index in [1.165, 1.54) is 12.1 Å². The average Bonchev–Trinajstić information content (AvgIpc) is 2.79. The third-order valence-corrected chi connectivity index (χ3v) is 6.80. The second-order valence-electron chi connectivity index (χ2n) is 8.72. The van der Waals surface area contributed by atoms with Gasteiger partial charge in [-0.2, -0.15) is 0 Å². The predicted octanol–water partition coefficient (Wildman–Crippen LogP) is 4.76. The minimum absolute atomic E-state index is 0.106. The number of nitrogens with zero attached hydrogens (tertiary/aromatic N) is 2. The van der Waals surface area contributed by atoms with Gasteiger partial charge in [0.2, 0.25) is 0 Å². The van der Waals surface area contributed by atoms with Crippen molar-refractivity contribution in [1.29, 1.82) is 0 Å². The second kappa shape index (κ2) is 8.31. The van der Waals surface area contributed by atoms with Crippen LogP contribution in [0, 0.1) is 5.92 Å². The minimum atomic E-state index is -4.75. The van der Waals surface area contributed by atoms with Gasteiger partial charge in [0.05, 0.1) is 6.04 Å². The van der Waals surface area contributed by atoms with Crippen LogP contribution in [0.4, 0.5) is 18.0 Å². The maximum absolute atomic E-state index is 13.3. The molecule has 170 valence electrons. The fourth-order valence-electron chi connectivity index (χ4n) is 5.22. The first kappa shape index (κ1) is 21.1. The highest BCUT2D eigenvalue weighted by Crippen LogP contribution is 2.38. The summed E-state index contributed by atoms with van der Waals surface area (Å²) in [6.45, 7) is 3.38. The third kappa shape index (κ3) is 4.28. The van der Waals surface area contributed by atoms with Crippen molar-refractivity contribution >= 4 is 6.09 Å². The normalized spacial score (nSPS) is 27.0. The zero-order valence-electron chi connectivity index (χ0n) is 17.6. The number of benzene rings is 2. The van der Waals surface area contributed by atoms with E-state index in [0.29, 0.717) is 18.9 Å². The first-order valence-corrected chi connectivity index (χ1v) is 11.0. The fraction of sp³-hybridized carbons (Fsp3) is 0.458. The van der Waals surface area contributed by atoms with E-state index < -0.39 is 12.4 Å². The number of carbonyl (C=O) groups is 1. The molecule has 5 nitrogen and oxygen atoms in total. The molecule has 0 radical (unpaired) electrons. The summed E-state index contributed by atoms with van der Waals surface area (Å²) < 4.78 is 47.7. The first-order valence-electron chi connectivity index (χ1n) is 11.0. The molecule has 0 saturated carbocycles. The van der Waals surface area contributed by atoms with Crippen LogP contribution in [0.15, 0.2) is 48.5 Å². The molecule has 2 atom stereocenters. The molecule has 0 unspecified atom stereocenters. The lowest BCUT2D eigenvalue weighted by atomic mass is 9.86. The van der Waals surface area contributed by atoms with Crippen LogP contribution in [0.1, 0.15) is 35.6 Å². The van der Waals surface area contributed by atoms with Gasteiger partial charge >= 0.3 is 12.5 Å². The molecule has 4 heterocycles. The van der Waals surface area contributed by atoms with E-state index in [2.05, 4.69) is 9.64 Å². The lowest BCUT2D eigenvalue weighted by molar-refractivity contribution is -0.274. The summed E-state index contributed by atoms with van der Waals surface area (Å²) in [6, 6.07) is 13.2. The van der Waals surface area contributed by atoms with E-state index in [4.69, 9.17) is 4.74 Å². The van der Waals surface area contributed by atoms with Crippen LogP contribution in [-0.2, 0) is 11.2 Å². The van der Waals surface area contributed by atoms with E-state index in [0.717, 1.165) is 49.2 Å². The Kier molecular flexibility index (Phi) is 5.49. The first-order chi connectivity index (χ1) is 15.4. The molecule has 1 amide bonds. The van der Waals surface area contributed by atoms with Gasteiger partial charge in [-0.15, -0.1) is 13.2 Å². The molecule has 0 aromatic heterocycles. The van der Waals surface area contributed by atoms with E-state index >= 15 is 0 Å². The van der Waals surface area contributed by atoms with Gasteiger partial charge in [-0.1, -0.05) is 36.4 Å². The molecular formula is C24H25F3N2O3. The molecular weight excluding hydrogens is 421 g/mol. The highest BCUT2D eigenvalue weighted by Gasteiger charge is 2.39. The van der Waals surface area contributed by atoms with Crippen molar-refractivity contribution in [3.05, 3.63) is 65.2 Å². The Morgan fingerprint density at radius 2 is 1.69 bits per heavy atom. The largest absolute Gasteiger partial charge is 0.573 e. The molecule has 32 heavy (non-hydrogen) atoms. The topological polar surface area (TPSA) is 42.0 Å². The number of hydrogen-bond acceptors (Lipinski definition) is 4. The van der Waals surface area contributed by atoms with E-state index in [-0.39, 0.29) is 17.9 Å². The summed E-state index contributed by atoms with van der Waals surface area (Å²) in [5.74, 6) is 0.116. The Labute approximate surface area is 184 Å². The number of carbonyl (C=O) groups excluding carboxylic acids is 1. The molecule has 0 aliphatic carbocycles. The van der Waals surface area contributed by atoms with Crippen molar-refractivity contribution in [3.63, 3.8) is 0 Å². The number of alkyl halides is 3. The van der Waals surface area contributed by atoms with Gasteiger partial charge in [0.15, 0.2) is 0 Å². The summed E-state index contributed by atoms with van der Waals surface area (Å²) in [7, 11) is 0. The summed E-state index contributed by atoms with van der Waals surface area (Å²) in [5, 5.41) is 0. The van der Waals surface area contributed by atoms with Gasteiger partial charge in [0, 0.05) is 13.1 Å². The molecule has 6 rings (SSSR count). The van der Waals surface area contributed by atoms with Crippen molar-refractivity contribution in [3.8, 4) is 5.75 Å². The zero-order valence-corrected chi connectivity index (χ0v) is 17.6. The van der Waals surface area contributed by atoms with Crippen LogP contribution in [0.3, 0.4) is 0 Å². The van der Waals surface area contributed by atoms with Crippen LogP contribution >= 0.6 is 0 Å². The lowest BCUT2D eigenvalue weighted by Gasteiger charge is -2.45. The van der Waals surface area contributed by atoms with Crippen molar-refractivity contribution in [2.24, 2.45) is 5.92 Å². The smallest absolute Gasteiger partial charge is 0.444 e. The minimum Gasteiger partial charge on any atom is -0.444 e. The molecule has 0 spiro atoms. The Hall–Kier alpha value is -2.74. The Bertz CT molecular complexity index is 971. The SMILES string of the molecule is O=C(O[C@@H]1CN2CCC1CC2)N1CCc2ccccc2[C@H]1c1ccc(OC(F)(F)F)cc1. The standard InChI is InChI=1S/C24H25F3N2O3/c25-24(26,27)32-19-7-5-18(6-8-19)22-20-4-2-1-3-16(20)11-14-29(22)23(30)31-21-15-28-12-9-17(21)10-13-28/h1-8,17,21-22H,9-15H2/t21-,22-/m1/s1. The van der Waals surface area contributed by atoms with Gasteiger partial charge in [-0.25, -0.2) is 4.79 Å². The van der Waals surface area contributed by atoms with Crippen LogP contribution < -0.4 is 4.74 Å². The molecule has 4 aliphatic rings. The van der Waals surface area contributed by atoms with Crippen molar-refractivity contribution < 1.29 is 27.4 Å². The number of piperidine rings is 3. The summed E-state index contributed by atoms with van der Waals surface area (Å²) in [4.78, 5) is 17.3. The summed E-state index contributed by atoms with van der Waals surface area (Å²) in [6.07, 6.45) is -2.42. The van der Waals surface area contributed by atoms with Gasteiger partial charge in [0.1, 0.15) is 11.9 Å². The number of hydrogen-bond donors (Lipinski definition) is 0. The highest BCUT2D eigenvalue weighted by molar-refractivity contribution is 5.70. The average molecular weight is 446 g/mol. The van der Waals surface area contributed by atoms with E-state index in [1.54, 1.807) is 17.0 Å². The predicted molar refractivity (Wildman–Crippen MR) is 111 cm³/mol. The second-order valence-corrected chi connectivity index (χ2v) is 8.72. The van der Waals surface area contributed by atoms with Crippen LogP contribution in [0.25, 0.3) is 0 Å². The highest BCUT2D eigenvalue weighted by atomic mass is 19.4. The van der Waals surface area contributed by atoms with E-state index in [9.17, 15) is 18.0 Å². The van der Waals surface area contributed by atoms with Crippen molar-refractivity contribution in [2.75, 3.05) is 26.2 Å².